The first kappa shape index (κ1) is 23.4. The van der Waals surface area contributed by atoms with Crippen LogP contribution in [0.25, 0.3) is 5.70 Å². The van der Waals surface area contributed by atoms with E-state index in [1.807, 2.05) is 11.0 Å². The third-order valence-corrected chi connectivity index (χ3v) is 8.40. The van der Waals surface area contributed by atoms with Crippen molar-refractivity contribution in [3.63, 3.8) is 0 Å². The van der Waals surface area contributed by atoms with Crippen LogP contribution < -0.4 is 20.4 Å². The zero-order valence-electron chi connectivity index (χ0n) is 21.2. The van der Waals surface area contributed by atoms with Crippen LogP contribution in [0, 0.1) is 11.8 Å². The minimum Gasteiger partial charge on any atom is -0.493 e. The molecule has 5 heterocycles. The minimum absolute atomic E-state index is 0.00881. The van der Waals surface area contributed by atoms with E-state index in [4.69, 9.17) is 26.1 Å². The summed E-state index contributed by atoms with van der Waals surface area (Å²) < 4.78 is 12.3. The van der Waals surface area contributed by atoms with Crippen molar-refractivity contribution in [3.8, 4) is 0 Å². The minimum atomic E-state index is -0.382. The number of halogens is 1. The van der Waals surface area contributed by atoms with Crippen LogP contribution in [0.4, 0.5) is 23.1 Å². The van der Waals surface area contributed by atoms with Crippen LogP contribution in [-0.2, 0) is 9.47 Å². The summed E-state index contributed by atoms with van der Waals surface area (Å²) in [6.45, 7) is 4.16. The Bertz CT molecular complexity index is 1240. The number of hydrogen-bond donors (Lipinski definition) is 3. The summed E-state index contributed by atoms with van der Waals surface area (Å²) in [5.74, 6) is 3.11. The molecule has 5 aliphatic rings. The van der Waals surface area contributed by atoms with Crippen LogP contribution in [0.2, 0.25) is 5.02 Å². The summed E-state index contributed by atoms with van der Waals surface area (Å²) in [5.41, 5.74) is 4.10. The first-order chi connectivity index (χ1) is 17.9. The molecule has 37 heavy (non-hydrogen) atoms. The van der Waals surface area contributed by atoms with Crippen molar-refractivity contribution in [3.05, 3.63) is 40.7 Å². The highest BCUT2D eigenvalue weighted by molar-refractivity contribution is 6.32. The Morgan fingerprint density at radius 3 is 2.89 bits per heavy atom. The fourth-order valence-electron chi connectivity index (χ4n) is 6.05. The summed E-state index contributed by atoms with van der Waals surface area (Å²) in [4.78, 5) is 13.4. The number of anilines is 4. The second-order valence-corrected chi connectivity index (χ2v) is 11.6. The number of aromatic nitrogens is 2. The highest BCUT2D eigenvalue weighted by Crippen LogP contribution is 2.47. The Morgan fingerprint density at radius 1 is 1.22 bits per heavy atom. The summed E-state index contributed by atoms with van der Waals surface area (Å²) in [6, 6.07) is 6.71. The van der Waals surface area contributed by atoms with Gasteiger partial charge in [-0.05, 0) is 49.3 Å². The number of piperidine rings is 1. The second kappa shape index (κ2) is 8.92. The van der Waals surface area contributed by atoms with Crippen molar-refractivity contribution in [1.82, 2.24) is 15.3 Å². The van der Waals surface area contributed by atoms with Crippen LogP contribution >= 0.6 is 11.6 Å². The van der Waals surface area contributed by atoms with Crippen LogP contribution in [0.5, 0.6) is 0 Å². The highest BCUT2D eigenvalue weighted by atomic mass is 35.5. The lowest BCUT2D eigenvalue weighted by molar-refractivity contribution is 0.132. The zero-order chi connectivity index (χ0) is 25.3. The van der Waals surface area contributed by atoms with Crippen molar-refractivity contribution < 1.29 is 14.6 Å². The summed E-state index contributed by atoms with van der Waals surface area (Å²) in [6.07, 6.45) is 5.54. The third kappa shape index (κ3) is 4.36. The number of rotatable bonds is 4. The average Bonchev–Trinajstić information content (AvgIpc) is 3.76. The van der Waals surface area contributed by atoms with Crippen LogP contribution in [0.15, 0.2) is 30.2 Å². The number of nitrogens with zero attached hydrogens (tertiary/aromatic N) is 4. The highest BCUT2D eigenvalue weighted by Gasteiger charge is 2.51. The second-order valence-electron chi connectivity index (χ2n) is 11.1. The lowest BCUT2D eigenvalue weighted by atomic mass is 9.98. The quantitative estimate of drug-likeness (QED) is 0.517. The number of likely N-dealkylation sites (N-methyl/N-ethyl adjacent to an activating group) is 1. The number of ether oxygens (including phenoxy) is 2. The maximum atomic E-state index is 10.2. The Morgan fingerprint density at radius 2 is 2.08 bits per heavy atom. The molecule has 3 fully saturated rings. The fraction of sp³-hybridized carbons (Fsp3) is 0.556. The van der Waals surface area contributed by atoms with E-state index in [1.54, 1.807) is 6.20 Å². The molecule has 2 aromatic rings. The predicted molar refractivity (Wildman–Crippen MR) is 143 cm³/mol. The number of aliphatic hydroxyl groups is 1. The number of hydrogen-bond acceptors (Lipinski definition) is 9. The van der Waals surface area contributed by atoms with E-state index >= 15 is 0 Å². The standard InChI is InChI=1S/C27H33ClN6O3/c1-14-9-17(35)13-34(12-14)27-29-11-19(28)25(32-27)30-16-5-6-21-18(10-16)22-23(24-26(37-24)33(21)2)36-8-7-20(31-22)15-3-4-15/h5-6,10-11,14-15,17,20,24,26,31,35H,3-4,7-9,12-13H2,1-2H3,(H,29,30,32)/t14-,17+,20+,24?,26?/m0/s1. The molecule has 0 amide bonds. The summed E-state index contributed by atoms with van der Waals surface area (Å²) >= 11 is 6.53. The number of nitrogens with one attached hydrogen (secondary N) is 2. The first-order valence-corrected chi connectivity index (χ1v) is 13.7. The monoisotopic (exact) mass is 524 g/mol. The van der Waals surface area contributed by atoms with Crippen LogP contribution in [0.3, 0.4) is 0 Å². The molecule has 0 radical (unpaired) electrons. The molecule has 5 atom stereocenters. The Kier molecular flexibility index (Phi) is 5.64. The largest absolute Gasteiger partial charge is 0.493 e. The molecule has 1 saturated carbocycles. The van der Waals surface area contributed by atoms with Crippen molar-refractivity contribution >= 4 is 40.4 Å². The molecule has 196 valence electrons. The van der Waals surface area contributed by atoms with E-state index < -0.39 is 0 Å². The van der Waals surface area contributed by atoms with Gasteiger partial charge in [-0.15, -0.1) is 0 Å². The van der Waals surface area contributed by atoms with Gasteiger partial charge >= 0.3 is 0 Å². The smallest absolute Gasteiger partial charge is 0.227 e. The topological polar surface area (TPSA) is 98.3 Å². The number of β-amino-alcohol motifs (C(OH)–C–C–N with tert-alkyl or cyclic N) is 1. The molecule has 0 spiro atoms. The molecule has 1 aromatic heterocycles. The number of epoxide rings is 1. The van der Waals surface area contributed by atoms with Crippen molar-refractivity contribution in [2.24, 2.45) is 11.8 Å². The van der Waals surface area contributed by atoms with Gasteiger partial charge in [0.05, 0.1) is 24.6 Å². The predicted octanol–water partition coefficient (Wildman–Crippen LogP) is 3.71. The lowest BCUT2D eigenvalue weighted by Gasteiger charge is -2.34. The Labute approximate surface area is 221 Å². The molecular formula is C27H33ClN6O3. The van der Waals surface area contributed by atoms with E-state index in [0.29, 0.717) is 47.8 Å². The van der Waals surface area contributed by atoms with Gasteiger partial charge in [-0.3, -0.25) is 0 Å². The van der Waals surface area contributed by atoms with E-state index in [1.165, 1.54) is 12.8 Å². The van der Waals surface area contributed by atoms with Gasteiger partial charge in [0.15, 0.2) is 23.9 Å². The SMILES string of the molecule is C[C@H]1C[C@@H](O)CN(c2ncc(Cl)c(Nc3ccc4c(c3)C3=C(OCC[C@H](C5CC5)N3)C3OC3N4C)n2)C1. The number of benzene rings is 1. The van der Waals surface area contributed by atoms with E-state index in [-0.39, 0.29) is 18.4 Å². The maximum absolute atomic E-state index is 10.2. The third-order valence-electron chi connectivity index (χ3n) is 8.12. The van der Waals surface area contributed by atoms with Gasteiger partial charge in [0.25, 0.3) is 0 Å². The molecule has 4 aliphatic heterocycles. The zero-order valence-corrected chi connectivity index (χ0v) is 21.9. The first-order valence-electron chi connectivity index (χ1n) is 13.3. The van der Waals surface area contributed by atoms with Gasteiger partial charge in [-0.2, -0.15) is 4.98 Å². The molecule has 7 rings (SSSR count). The normalized spacial score (nSPS) is 30.8. The van der Waals surface area contributed by atoms with Crippen LogP contribution in [-0.4, -0.2) is 66.3 Å². The summed E-state index contributed by atoms with van der Waals surface area (Å²) in [5, 5.41) is 18.0. The van der Waals surface area contributed by atoms with E-state index in [0.717, 1.165) is 47.8 Å². The number of aliphatic hydroxyl groups excluding tert-OH is 1. The van der Waals surface area contributed by atoms with Gasteiger partial charge < -0.3 is 35.0 Å². The van der Waals surface area contributed by atoms with Crippen molar-refractivity contribution in [2.45, 2.75) is 57.1 Å². The molecule has 1 aromatic carbocycles. The average molecular weight is 525 g/mol. The van der Waals surface area contributed by atoms with E-state index in [2.05, 4.69) is 46.6 Å². The summed E-state index contributed by atoms with van der Waals surface area (Å²) in [7, 11) is 2.07. The molecule has 10 heteroatoms. The molecular weight excluding hydrogens is 492 g/mol. The lowest BCUT2D eigenvalue weighted by Crippen LogP contribution is -2.43. The van der Waals surface area contributed by atoms with Gasteiger partial charge in [0.1, 0.15) is 5.02 Å². The Balaban J connectivity index is 1.22. The van der Waals surface area contributed by atoms with Gasteiger partial charge in [-0.1, -0.05) is 18.5 Å². The molecule has 2 saturated heterocycles. The molecule has 1 aliphatic carbocycles. The molecule has 3 N–H and O–H groups in total. The molecule has 9 nitrogen and oxygen atoms in total. The Hall–Kier alpha value is -2.75. The van der Waals surface area contributed by atoms with Crippen molar-refractivity contribution in [2.75, 3.05) is 41.9 Å². The van der Waals surface area contributed by atoms with Gasteiger partial charge in [0, 0.05) is 49.5 Å². The number of fused-ring (bicyclic) bond motifs is 4. The van der Waals surface area contributed by atoms with Gasteiger partial charge in [0.2, 0.25) is 5.95 Å². The molecule has 2 unspecified atom stereocenters. The van der Waals surface area contributed by atoms with Gasteiger partial charge in [-0.25, -0.2) is 4.98 Å². The van der Waals surface area contributed by atoms with Crippen LogP contribution in [0.1, 0.15) is 38.2 Å². The maximum Gasteiger partial charge on any atom is 0.227 e. The fourth-order valence-corrected chi connectivity index (χ4v) is 6.19. The molecule has 0 bridgehead atoms. The van der Waals surface area contributed by atoms with Crippen molar-refractivity contribution in [1.29, 1.82) is 0 Å². The van der Waals surface area contributed by atoms with E-state index in [9.17, 15) is 5.11 Å².